The fourth-order valence-corrected chi connectivity index (χ4v) is 3.29. The predicted octanol–water partition coefficient (Wildman–Crippen LogP) is 4.90. The minimum atomic E-state index is -0.699. The van der Waals surface area contributed by atoms with Crippen LogP contribution in [-0.2, 0) is 6.54 Å². The fourth-order valence-electron chi connectivity index (χ4n) is 3.29. The molecule has 0 aliphatic rings. The number of fused-ring (bicyclic) bond motifs is 1. The summed E-state index contributed by atoms with van der Waals surface area (Å²) in [6.45, 7) is 2.94. The lowest BCUT2D eigenvalue weighted by atomic mass is 10.1. The minimum absolute atomic E-state index is 0.205. The molecule has 6 nitrogen and oxygen atoms in total. The number of anilines is 1. The normalized spacial score (nSPS) is 10.9. The summed E-state index contributed by atoms with van der Waals surface area (Å²) >= 11 is 0. The largest absolute Gasteiger partial charge is 0.338 e. The highest BCUT2D eigenvalue weighted by Crippen LogP contribution is 2.24. The molecule has 2 aromatic carbocycles. The van der Waals surface area contributed by atoms with Gasteiger partial charge in [-0.25, -0.2) is 23.5 Å². The van der Waals surface area contributed by atoms with Crippen molar-refractivity contribution >= 4 is 22.9 Å². The number of hydrogen-bond donors (Lipinski definition) is 2. The molecule has 0 fully saturated rings. The van der Waals surface area contributed by atoms with Gasteiger partial charge in [0, 0.05) is 30.9 Å². The van der Waals surface area contributed by atoms with Crippen LogP contribution in [0.4, 0.5) is 19.3 Å². The molecule has 4 rings (SSSR count). The highest BCUT2D eigenvalue weighted by molar-refractivity contribution is 5.89. The number of urea groups is 1. The van der Waals surface area contributed by atoms with E-state index in [4.69, 9.17) is 4.98 Å². The first-order chi connectivity index (χ1) is 15.0. The number of rotatable bonds is 6. The van der Waals surface area contributed by atoms with Gasteiger partial charge in [-0.1, -0.05) is 29.8 Å². The van der Waals surface area contributed by atoms with Crippen LogP contribution in [0.15, 0.2) is 60.8 Å². The van der Waals surface area contributed by atoms with Crippen molar-refractivity contribution in [3.05, 3.63) is 78.0 Å². The predicted molar refractivity (Wildman–Crippen MR) is 116 cm³/mol. The van der Waals surface area contributed by atoms with E-state index < -0.39 is 17.7 Å². The van der Waals surface area contributed by atoms with Crippen LogP contribution >= 0.6 is 0 Å². The van der Waals surface area contributed by atoms with Crippen LogP contribution in [0.5, 0.6) is 0 Å². The highest BCUT2D eigenvalue weighted by Gasteiger charge is 2.13. The van der Waals surface area contributed by atoms with Crippen LogP contribution in [-0.4, -0.2) is 27.1 Å². The highest BCUT2D eigenvalue weighted by atomic mass is 19.1. The molecule has 0 saturated carbocycles. The second-order valence-electron chi connectivity index (χ2n) is 7.16. The number of carbonyl (C=O) groups excluding carboxylic acids is 1. The van der Waals surface area contributed by atoms with Crippen molar-refractivity contribution in [3.63, 3.8) is 0 Å². The number of nitrogens with zero attached hydrogens (tertiary/aromatic N) is 3. The van der Waals surface area contributed by atoms with Gasteiger partial charge in [-0.3, -0.25) is 0 Å². The lowest BCUT2D eigenvalue weighted by Gasteiger charge is -2.11. The van der Waals surface area contributed by atoms with Gasteiger partial charge < -0.3 is 15.2 Å². The molecule has 0 aliphatic carbocycles. The average molecular weight is 421 g/mol. The number of aryl methyl sites for hydroxylation is 2. The fraction of sp³-hybridized carbons (Fsp3) is 0.174. The Morgan fingerprint density at radius 1 is 1.10 bits per heavy atom. The summed E-state index contributed by atoms with van der Waals surface area (Å²) in [5.41, 5.74) is 3.50. The first kappa shape index (κ1) is 20.5. The summed E-state index contributed by atoms with van der Waals surface area (Å²) in [4.78, 5) is 21.2. The summed E-state index contributed by atoms with van der Waals surface area (Å²) in [7, 11) is 0. The number of pyridine rings is 1. The summed E-state index contributed by atoms with van der Waals surface area (Å²) < 4.78 is 28.9. The molecule has 0 spiro atoms. The van der Waals surface area contributed by atoms with Gasteiger partial charge >= 0.3 is 6.03 Å². The van der Waals surface area contributed by atoms with Crippen molar-refractivity contribution in [2.45, 2.75) is 19.9 Å². The Bertz CT molecular complexity index is 1220. The Morgan fingerprint density at radius 2 is 1.90 bits per heavy atom. The molecule has 0 aliphatic heterocycles. The Kier molecular flexibility index (Phi) is 5.88. The number of carbonyl (C=O) groups is 1. The Balaban J connectivity index is 1.43. The molecule has 4 aromatic rings. The van der Waals surface area contributed by atoms with E-state index in [9.17, 15) is 13.6 Å². The van der Waals surface area contributed by atoms with E-state index in [1.807, 2.05) is 47.9 Å². The first-order valence-corrected chi connectivity index (χ1v) is 9.89. The van der Waals surface area contributed by atoms with Gasteiger partial charge in [0.15, 0.2) is 5.65 Å². The van der Waals surface area contributed by atoms with E-state index in [1.165, 1.54) is 0 Å². The quantitative estimate of drug-likeness (QED) is 0.435. The van der Waals surface area contributed by atoms with Crippen LogP contribution in [0.25, 0.3) is 22.6 Å². The molecule has 2 N–H and O–H groups in total. The lowest BCUT2D eigenvalue weighted by molar-refractivity contribution is 0.251. The Labute approximate surface area is 178 Å². The molecule has 2 amide bonds. The van der Waals surface area contributed by atoms with Gasteiger partial charge in [-0.05, 0) is 37.6 Å². The molecule has 158 valence electrons. The van der Waals surface area contributed by atoms with Crippen LogP contribution in [0.1, 0.15) is 12.0 Å². The molecular formula is C23H21F2N5O. The zero-order valence-corrected chi connectivity index (χ0v) is 16.9. The van der Waals surface area contributed by atoms with Crippen molar-refractivity contribution < 1.29 is 13.6 Å². The van der Waals surface area contributed by atoms with Gasteiger partial charge in [0.1, 0.15) is 23.0 Å². The Morgan fingerprint density at radius 3 is 2.71 bits per heavy atom. The Hall–Kier alpha value is -3.81. The van der Waals surface area contributed by atoms with E-state index in [2.05, 4.69) is 15.6 Å². The number of imidazole rings is 1. The molecular weight excluding hydrogens is 400 g/mol. The van der Waals surface area contributed by atoms with Crippen molar-refractivity contribution in [3.8, 4) is 11.4 Å². The average Bonchev–Trinajstić information content (AvgIpc) is 3.13. The molecule has 0 radical (unpaired) electrons. The van der Waals surface area contributed by atoms with Gasteiger partial charge in [0.2, 0.25) is 0 Å². The van der Waals surface area contributed by atoms with E-state index in [-0.39, 0.29) is 5.69 Å². The standard InChI is InChI=1S/C23H21F2N5O/c1-15-5-7-16(8-6-15)21-28-19-4-2-11-26-22(19)30(21)13-3-12-27-23(31)29-20-14-17(24)9-10-18(20)25/h2,4-11,14H,3,12-13H2,1H3,(H2,27,29,31). The maximum atomic E-state index is 13.7. The van der Waals surface area contributed by atoms with Crippen LogP contribution in [0, 0.1) is 18.6 Å². The molecule has 0 unspecified atom stereocenters. The van der Waals surface area contributed by atoms with E-state index in [1.54, 1.807) is 6.20 Å². The molecule has 2 aromatic heterocycles. The summed E-state index contributed by atoms with van der Waals surface area (Å²) in [5, 5.41) is 4.98. The number of aromatic nitrogens is 3. The van der Waals surface area contributed by atoms with Crippen molar-refractivity contribution in [1.82, 2.24) is 19.9 Å². The van der Waals surface area contributed by atoms with E-state index in [0.717, 1.165) is 46.3 Å². The third kappa shape index (κ3) is 4.69. The molecule has 8 heteroatoms. The summed E-state index contributed by atoms with van der Waals surface area (Å²) in [5.74, 6) is -0.518. The third-order valence-electron chi connectivity index (χ3n) is 4.83. The zero-order valence-electron chi connectivity index (χ0n) is 16.9. The van der Waals surface area contributed by atoms with Gasteiger partial charge in [0.25, 0.3) is 0 Å². The number of hydrogen-bond acceptors (Lipinski definition) is 3. The second kappa shape index (κ2) is 8.91. The SMILES string of the molecule is Cc1ccc(-c2nc3cccnc3n2CCCNC(=O)Nc2cc(F)ccc2F)cc1. The smallest absolute Gasteiger partial charge is 0.319 e. The molecule has 0 atom stereocenters. The second-order valence-corrected chi connectivity index (χ2v) is 7.16. The lowest BCUT2D eigenvalue weighted by Crippen LogP contribution is -2.30. The van der Waals surface area contributed by atoms with Gasteiger partial charge in [-0.15, -0.1) is 0 Å². The van der Waals surface area contributed by atoms with Crippen LogP contribution in [0.2, 0.25) is 0 Å². The topological polar surface area (TPSA) is 71.8 Å². The van der Waals surface area contributed by atoms with Crippen LogP contribution < -0.4 is 10.6 Å². The van der Waals surface area contributed by atoms with E-state index >= 15 is 0 Å². The summed E-state index contributed by atoms with van der Waals surface area (Å²) in [6.07, 6.45) is 2.32. The molecule has 2 heterocycles. The maximum Gasteiger partial charge on any atom is 0.319 e. The number of nitrogens with one attached hydrogen (secondary N) is 2. The molecule has 0 saturated heterocycles. The number of benzene rings is 2. The monoisotopic (exact) mass is 421 g/mol. The number of amides is 2. The maximum absolute atomic E-state index is 13.7. The number of halogens is 2. The third-order valence-corrected chi connectivity index (χ3v) is 4.83. The van der Waals surface area contributed by atoms with Crippen molar-refractivity contribution in [2.24, 2.45) is 0 Å². The minimum Gasteiger partial charge on any atom is -0.338 e. The van der Waals surface area contributed by atoms with Gasteiger partial charge in [-0.2, -0.15) is 0 Å². The summed E-state index contributed by atoms with van der Waals surface area (Å²) in [6, 6.07) is 14.2. The van der Waals surface area contributed by atoms with Gasteiger partial charge in [0.05, 0.1) is 5.69 Å². The molecule has 31 heavy (non-hydrogen) atoms. The van der Waals surface area contributed by atoms with Crippen molar-refractivity contribution in [1.29, 1.82) is 0 Å². The van der Waals surface area contributed by atoms with Crippen molar-refractivity contribution in [2.75, 3.05) is 11.9 Å². The molecule has 0 bridgehead atoms. The van der Waals surface area contributed by atoms with E-state index in [0.29, 0.717) is 19.5 Å². The first-order valence-electron chi connectivity index (χ1n) is 9.89. The van der Waals surface area contributed by atoms with Crippen LogP contribution in [0.3, 0.4) is 0 Å². The zero-order chi connectivity index (χ0) is 21.8.